The summed E-state index contributed by atoms with van der Waals surface area (Å²) >= 11 is 0. The lowest BCUT2D eigenvalue weighted by atomic mass is 9.98. The van der Waals surface area contributed by atoms with Gasteiger partial charge in [-0.25, -0.2) is 0 Å². The van der Waals surface area contributed by atoms with E-state index in [1.807, 2.05) is 0 Å². The van der Waals surface area contributed by atoms with Gasteiger partial charge in [0.1, 0.15) is 12.2 Å². The molecular weight excluding hydrogens is 150 g/mol. The summed E-state index contributed by atoms with van der Waals surface area (Å²) in [5.41, 5.74) is 5.43. The minimum atomic E-state index is -1.33. The predicted octanol–water partition coefficient (Wildman–Crippen LogP) is -2.23. The Bertz CT molecular complexity index is 129. The second kappa shape index (κ2) is 3.04. The van der Waals surface area contributed by atoms with Crippen molar-refractivity contribution in [2.45, 2.75) is 37.6 Å². The molecule has 1 fully saturated rings. The molecule has 5 N–H and O–H groups in total. The van der Waals surface area contributed by atoms with E-state index in [1.54, 1.807) is 6.92 Å². The van der Waals surface area contributed by atoms with Gasteiger partial charge < -0.3 is 25.8 Å². The van der Waals surface area contributed by atoms with Crippen LogP contribution in [0.5, 0.6) is 0 Å². The van der Waals surface area contributed by atoms with Crippen LogP contribution in [0.2, 0.25) is 0 Å². The van der Waals surface area contributed by atoms with Gasteiger partial charge in [0.05, 0.1) is 12.1 Å². The van der Waals surface area contributed by atoms with Crippen molar-refractivity contribution >= 4 is 0 Å². The van der Waals surface area contributed by atoms with Crippen molar-refractivity contribution in [1.29, 1.82) is 0 Å². The quantitative estimate of drug-likeness (QED) is 0.324. The molecule has 1 rings (SSSR count). The van der Waals surface area contributed by atoms with Crippen LogP contribution in [0.4, 0.5) is 0 Å². The van der Waals surface area contributed by atoms with Crippen LogP contribution in [0.15, 0.2) is 0 Å². The predicted molar refractivity (Wildman–Crippen MR) is 36.5 cm³/mol. The average molecular weight is 163 g/mol. The first kappa shape index (κ1) is 8.89. The first-order valence-corrected chi connectivity index (χ1v) is 3.49. The molecule has 5 atom stereocenters. The maximum atomic E-state index is 9.17. The minimum absolute atomic E-state index is 0.441. The molecule has 66 valence electrons. The highest BCUT2D eigenvalue weighted by Gasteiger charge is 2.39. The molecule has 5 heteroatoms. The van der Waals surface area contributed by atoms with E-state index < -0.39 is 30.6 Å². The van der Waals surface area contributed by atoms with E-state index in [9.17, 15) is 5.11 Å². The Labute approximate surface area is 64.4 Å². The Morgan fingerprint density at radius 2 is 1.73 bits per heavy atom. The zero-order valence-electron chi connectivity index (χ0n) is 6.21. The summed E-state index contributed by atoms with van der Waals surface area (Å²) in [4.78, 5) is 0. The van der Waals surface area contributed by atoms with Gasteiger partial charge in [-0.15, -0.1) is 0 Å². The van der Waals surface area contributed by atoms with Gasteiger partial charge in [-0.3, -0.25) is 0 Å². The Morgan fingerprint density at radius 1 is 1.18 bits per heavy atom. The summed E-state index contributed by atoms with van der Waals surface area (Å²) in [6.07, 6.45) is -4.20. The summed E-state index contributed by atoms with van der Waals surface area (Å²) in [6.45, 7) is 1.63. The standard InChI is InChI=1S/C6H13NO4/c1-2-3(7)4(8)5(9)6(10)11-2/h2-6,8-10H,7H2,1H3/t2-,3-,4-,5+,6+/m1/s1. The third-order valence-electron chi connectivity index (χ3n) is 1.93. The van der Waals surface area contributed by atoms with Gasteiger partial charge in [0.15, 0.2) is 6.29 Å². The van der Waals surface area contributed by atoms with E-state index >= 15 is 0 Å². The topological polar surface area (TPSA) is 95.9 Å². The number of nitrogens with two attached hydrogens (primary N) is 1. The van der Waals surface area contributed by atoms with Crippen LogP contribution in [-0.4, -0.2) is 46.0 Å². The van der Waals surface area contributed by atoms with E-state index in [4.69, 9.17) is 20.7 Å². The Balaban J connectivity index is 2.63. The zero-order valence-corrected chi connectivity index (χ0v) is 6.21. The molecule has 5 nitrogen and oxygen atoms in total. The van der Waals surface area contributed by atoms with Gasteiger partial charge in [0.2, 0.25) is 0 Å². The molecule has 0 aromatic rings. The molecule has 0 aliphatic carbocycles. The van der Waals surface area contributed by atoms with E-state index in [0.717, 1.165) is 0 Å². The van der Waals surface area contributed by atoms with Gasteiger partial charge in [0, 0.05) is 0 Å². The number of ether oxygens (including phenoxy) is 1. The molecule has 0 unspecified atom stereocenters. The van der Waals surface area contributed by atoms with E-state index in [0.29, 0.717) is 0 Å². The SMILES string of the molecule is C[C@H]1O[C@H](O)[C@@H](O)[C@H](O)[C@@H]1N. The van der Waals surface area contributed by atoms with E-state index in [2.05, 4.69) is 0 Å². The molecule has 0 saturated carbocycles. The average Bonchev–Trinajstić information content (AvgIpc) is 1.97. The Morgan fingerprint density at radius 3 is 2.27 bits per heavy atom. The van der Waals surface area contributed by atoms with E-state index in [1.165, 1.54) is 0 Å². The fourth-order valence-electron chi connectivity index (χ4n) is 1.07. The summed E-state index contributed by atoms with van der Waals surface area (Å²) in [6, 6.07) is -0.645. The van der Waals surface area contributed by atoms with Crippen molar-refractivity contribution in [2.24, 2.45) is 5.73 Å². The lowest BCUT2D eigenvalue weighted by molar-refractivity contribution is -0.249. The van der Waals surface area contributed by atoms with Crippen molar-refractivity contribution in [3.63, 3.8) is 0 Å². The second-order valence-electron chi connectivity index (χ2n) is 2.79. The first-order valence-electron chi connectivity index (χ1n) is 3.49. The van der Waals surface area contributed by atoms with E-state index in [-0.39, 0.29) is 0 Å². The number of aliphatic hydroxyl groups is 3. The Hall–Kier alpha value is -0.200. The third kappa shape index (κ3) is 1.52. The van der Waals surface area contributed by atoms with Crippen LogP contribution in [0.1, 0.15) is 6.92 Å². The fraction of sp³-hybridized carbons (Fsp3) is 1.00. The molecule has 0 bridgehead atoms. The van der Waals surface area contributed by atoms with Crippen molar-refractivity contribution in [3.05, 3.63) is 0 Å². The van der Waals surface area contributed by atoms with Crippen molar-refractivity contribution in [1.82, 2.24) is 0 Å². The Kier molecular flexibility index (Phi) is 2.46. The monoisotopic (exact) mass is 163 g/mol. The molecule has 0 radical (unpaired) electrons. The largest absolute Gasteiger partial charge is 0.388 e. The fourth-order valence-corrected chi connectivity index (χ4v) is 1.07. The number of hydrogen-bond donors (Lipinski definition) is 4. The number of rotatable bonds is 0. The highest BCUT2D eigenvalue weighted by molar-refractivity contribution is 4.89. The molecule has 0 spiro atoms. The lowest BCUT2D eigenvalue weighted by Gasteiger charge is -2.37. The molecule has 1 heterocycles. The molecule has 0 aromatic carbocycles. The molecular formula is C6H13NO4. The van der Waals surface area contributed by atoms with Crippen molar-refractivity contribution in [2.75, 3.05) is 0 Å². The molecule has 1 aliphatic rings. The van der Waals surface area contributed by atoms with Crippen LogP contribution in [0, 0.1) is 0 Å². The van der Waals surface area contributed by atoms with Crippen LogP contribution >= 0.6 is 0 Å². The maximum Gasteiger partial charge on any atom is 0.183 e. The first-order chi connectivity index (χ1) is 5.04. The molecule has 0 amide bonds. The van der Waals surface area contributed by atoms with Crippen LogP contribution < -0.4 is 5.73 Å². The summed E-state index contributed by atoms with van der Waals surface area (Å²) in [5.74, 6) is 0. The molecule has 1 saturated heterocycles. The summed E-state index contributed by atoms with van der Waals surface area (Å²) in [5, 5.41) is 27.1. The molecule has 1 aliphatic heterocycles. The highest BCUT2D eigenvalue weighted by Crippen LogP contribution is 2.17. The maximum absolute atomic E-state index is 9.17. The van der Waals surface area contributed by atoms with Gasteiger partial charge in [0.25, 0.3) is 0 Å². The minimum Gasteiger partial charge on any atom is -0.388 e. The smallest absolute Gasteiger partial charge is 0.183 e. The van der Waals surface area contributed by atoms with Gasteiger partial charge in [-0.05, 0) is 6.92 Å². The van der Waals surface area contributed by atoms with Crippen LogP contribution in [0.3, 0.4) is 0 Å². The summed E-state index contributed by atoms with van der Waals surface area (Å²) in [7, 11) is 0. The zero-order chi connectivity index (χ0) is 8.59. The van der Waals surface area contributed by atoms with Gasteiger partial charge >= 0.3 is 0 Å². The number of hydrogen-bond acceptors (Lipinski definition) is 5. The third-order valence-corrected chi connectivity index (χ3v) is 1.93. The van der Waals surface area contributed by atoms with Crippen molar-refractivity contribution in [3.8, 4) is 0 Å². The molecule has 0 aromatic heterocycles. The van der Waals surface area contributed by atoms with Crippen LogP contribution in [-0.2, 0) is 4.74 Å². The molecule has 11 heavy (non-hydrogen) atoms. The second-order valence-corrected chi connectivity index (χ2v) is 2.79. The number of aliphatic hydroxyl groups excluding tert-OH is 3. The van der Waals surface area contributed by atoms with Gasteiger partial charge in [-0.1, -0.05) is 0 Å². The van der Waals surface area contributed by atoms with Crippen molar-refractivity contribution < 1.29 is 20.1 Å². The highest BCUT2D eigenvalue weighted by atomic mass is 16.6. The lowest BCUT2D eigenvalue weighted by Crippen LogP contribution is -2.60. The normalized spacial score (nSPS) is 52.6. The van der Waals surface area contributed by atoms with Gasteiger partial charge in [-0.2, -0.15) is 0 Å². The van der Waals surface area contributed by atoms with Crippen LogP contribution in [0.25, 0.3) is 0 Å². The summed E-state index contributed by atoms with van der Waals surface area (Å²) < 4.78 is 4.80.